The predicted molar refractivity (Wildman–Crippen MR) is 136 cm³/mol. The maximum absolute atomic E-state index is 13.2. The maximum Gasteiger partial charge on any atom is 0.305 e. The van der Waals surface area contributed by atoms with Gasteiger partial charge in [0, 0.05) is 44.7 Å². The van der Waals surface area contributed by atoms with Crippen LogP contribution in [0.4, 0.5) is 5.69 Å². The minimum Gasteiger partial charge on any atom is -0.463 e. The van der Waals surface area contributed by atoms with Crippen molar-refractivity contribution in [1.29, 1.82) is 0 Å². The van der Waals surface area contributed by atoms with E-state index >= 15 is 0 Å². The van der Waals surface area contributed by atoms with Crippen LogP contribution in [0.1, 0.15) is 60.2 Å². The molecule has 0 saturated carbocycles. The maximum atomic E-state index is 13.2. The van der Waals surface area contributed by atoms with E-state index in [2.05, 4.69) is 4.90 Å². The van der Waals surface area contributed by atoms with E-state index in [1.54, 1.807) is 31.2 Å². The number of hydrogen-bond acceptors (Lipinski definition) is 6. The number of fused-ring (bicyclic) bond motifs is 1. The quantitative estimate of drug-likeness (QED) is 0.394. The molecule has 2 heterocycles. The topological polar surface area (TPSA) is 87.2 Å². The smallest absolute Gasteiger partial charge is 0.305 e. The number of para-hydroxylation sites is 1. The van der Waals surface area contributed by atoms with E-state index in [-0.39, 0.29) is 36.7 Å². The summed E-state index contributed by atoms with van der Waals surface area (Å²) in [5.41, 5.74) is 1.03. The number of rotatable bonds is 9. The van der Waals surface area contributed by atoms with Gasteiger partial charge >= 0.3 is 5.97 Å². The summed E-state index contributed by atoms with van der Waals surface area (Å²) in [6.07, 6.45) is 1.82. The van der Waals surface area contributed by atoms with Gasteiger partial charge in [-0.05, 0) is 37.1 Å². The van der Waals surface area contributed by atoms with E-state index < -0.39 is 5.54 Å². The van der Waals surface area contributed by atoms with Crippen LogP contribution < -0.4 is 4.90 Å². The second-order valence-corrected chi connectivity index (χ2v) is 9.31. The van der Waals surface area contributed by atoms with Crippen LogP contribution in [0.5, 0.6) is 0 Å². The molecule has 8 heteroatoms. The fraction of sp³-hybridized carbons (Fsp3) is 0.429. The van der Waals surface area contributed by atoms with Gasteiger partial charge in [-0.2, -0.15) is 0 Å². The highest BCUT2D eigenvalue weighted by atomic mass is 16.5. The number of imide groups is 1. The van der Waals surface area contributed by atoms with E-state index in [1.807, 2.05) is 42.2 Å². The summed E-state index contributed by atoms with van der Waals surface area (Å²) in [5.74, 6) is -0.818. The average Bonchev–Trinajstić information content (AvgIpc) is 3.16. The van der Waals surface area contributed by atoms with E-state index in [1.165, 1.54) is 4.90 Å². The molecule has 2 aromatic rings. The number of benzene rings is 2. The lowest BCUT2D eigenvalue weighted by molar-refractivity contribution is -0.146. The number of ether oxygens (including phenoxy) is 1. The van der Waals surface area contributed by atoms with Gasteiger partial charge in [-0.3, -0.25) is 24.1 Å². The van der Waals surface area contributed by atoms with Crippen LogP contribution in [-0.4, -0.2) is 71.8 Å². The first kappa shape index (κ1) is 25.6. The summed E-state index contributed by atoms with van der Waals surface area (Å²) >= 11 is 0. The number of carbonyl (C=O) groups is 4. The van der Waals surface area contributed by atoms with Crippen LogP contribution in [0.25, 0.3) is 0 Å². The van der Waals surface area contributed by atoms with Crippen LogP contribution in [0, 0.1) is 0 Å². The van der Waals surface area contributed by atoms with Crippen LogP contribution in [0.2, 0.25) is 0 Å². The summed E-state index contributed by atoms with van der Waals surface area (Å²) in [6, 6.07) is 16.4. The standard InChI is InChI=1S/C28H33N3O5/c1-3-24(32)31(21-10-6-5-7-11-21)28(20-36-25(33)4-2)14-16-29(17-15-28)18-19-30-26(34)22-12-8-9-13-23(22)27(30)35/h5-13H,3-4,14-20H2,1-2H3. The third-order valence-corrected chi connectivity index (χ3v) is 7.14. The molecule has 2 aliphatic rings. The SMILES string of the molecule is CCC(=O)OCC1(N(C(=O)CC)c2ccccc2)CCN(CCN2C(=O)c3ccccc3C2=O)CC1. The number of likely N-dealkylation sites (tertiary alicyclic amines) is 1. The van der Waals surface area contributed by atoms with E-state index in [0.717, 1.165) is 5.69 Å². The molecule has 0 N–H and O–H groups in total. The summed E-state index contributed by atoms with van der Waals surface area (Å²) in [4.78, 5) is 56.0. The highest BCUT2D eigenvalue weighted by molar-refractivity contribution is 6.21. The predicted octanol–water partition coefficient (Wildman–Crippen LogP) is 3.51. The molecule has 3 amide bonds. The molecule has 0 bridgehead atoms. The molecule has 0 spiro atoms. The lowest BCUT2D eigenvalue weighted by atomic mass is 9.85. The van der Waals surface area contributed by atoms with Gasteiger partial charge in [0.25, 0.3) is 11.8 Å². The molecular formula is C28H33N3O5. The summed E-state index contributed by atoms with van der Waals surface area (Å²) < 4.78 is 5.62. The van der Waals surface area contributed by atoms with Crippen molar-refractivity contribution in [3.63, 3.8) is 0 Å². The summed E-state index contributed by atoms with van der Waals surface area (Å²) in [5, 5.41) is 0. The number of esters is 1. The zero-order valence-corrected chi connectivity index (χ0v) is 20.9. The summed E-state index contributed by atoms with van der Waals surface area (Å²) in [6.45, 7) is 5.86. The van der Waals surface area contributed by atoms with Crippen LogP contribution >= 0.6 is 0 Å². The lowest BCUT2D eigenvalue weighted by Crippen LogP contribution is -2.61. The molecule has 2 aromatic carbocycles. The van der Waals surface area contributed by atoms with Crippen molar-refractivity contribution in [2.24, 2.45) is 0 Å². The molecule has 0 aliphatic carbocycles. The molecule has 2 aliphatic heterocycles. The highest BCUT2D eigenvalue weighted by Gasteiger charge is 2.44. The molecule has 0 atom stereocenters. The Morgan fingerprint density at radius 1 is 0.861 bits per heavy atom. The Kier molecular flexibility index (Phi) is 7.84. The first-order valence-electron chi connectivity index (χ1n) is 12.6. The zero-order chi connectivity index (χ0) is 25.7. The molecule has 0 radical (unpaired) electrons. The Hall–Kier alpha value is -3.52. The number of piperidine rings is 1. The Morgan fingerprint density at radius 2 is 1.44 bits per heavy atom. The van der Waals surface area contributed by atoms with Crippen molar-refractivity contribution in [1.82, 2.24) is 9.80 Å². The third kappa shape index (κ3) is 5.04. The Labute approximate surface area is 211 Å². The fourth-order valence-electron chi connectivity index (χ4n) is 5.04. The van der Waals surface area contributed by atoms with Gasteiger partial charge in [0.15, 0.2) is 0 Å². The molecular weight excluding hydrogens is 458 g/mol. The van der Waals surface area contributed by atoms with Crippen molar-refractivity contribution >= 4 is 29.4 Å². The number of nitrogens with zero attached hydrogens (tertiary/aromatic N) is 3. The van der Waals surface area contributed by atoms with Crippen molar-refractivity contribution < 1.29 is 23.9 Å². The third-order valence-electron chi connectivity index (χ3n) is 7.14. The van der Waals surface area contributed by atoms with E-state index in [0.29, 0.717) is 56.6 Å². The van der Waals surface area contributed by atoms with Crippen molar-refractivity contribution in [2.45, 2.75) is 45.1 Å². The van der Waals surface area contributed by atoms with Crippen LogP contribution in [0.15, 0.2) is 54.6 Å². The van der Waals surface area contributed by atoms with Gasteiger partial charge in [-0.15, -0.1) is 0 Å². The second-order valence-electron chi connectivity index (χ2n) is 9.31. The molecule has 36 heavy (non-hydrogen) atoms. The van der Waals surface area contributed by atoms with Gasteiger partial charge in [0.1, 0.15) is 6.61 Å². The largest absolute Gasteiger partial charge is 0.463 e. The van der Waals surface area contributed by atoms with Gasteiger partial charge < -0.3 is 14.5 Å². The number of hydrogen-bond donors (Lipinski definition) is 0. The van der Waals surface area contributed by atoms with Gasteiger partial charge in [0.2, 0.25) is 5.91 Å². The number of anilines is 1. The Morgan fingerprint density at radius 3 is 2.00 bits per heavy atom. The minimum atomic E-state index is -0.661. The molecule has 1 saturated heterocycles. The molecule has 4 rings (SSSR count). The van der Waals surface area contributed by atoms with E-state index in [9.17, 15) is 19.2 Å². The fourth-order valence-corrected chi connectivity index (χ4v) is 5.04. The minimum absolute atomic E-state index is 0.0202. The van der Waals surface area contributed by atoms with Crippen molar-refractivity contribution in [2.75, 3.05) is 37.7 Å². The summed E-state index contributed by atoms with van der Waals surface area (Å²) in [7, 11) is 0. The first-order valence-corrected chi connectivity index (χ1v) is 12.6. The normalized spacial score (nSPS) is 17.1. The molecule has 1 fully saturated rings. The van der Waals surface area contributed by atoms with Crippen molar-refractivity contribution in [3.05, 3.63) is 65.7 Å². The second kappa shape index (κ2) is 11.0. The number of carbonyl (C=O) groups excluding carboxylic acids is 4. The average molecular weight is 492 g/mol. The van der Waals surface area contributed by atoms with Crippen LogP contribution in [-0.2, 0) is 14.3 Å². The van der Waals surface area contributed by atoms with E-state index in [4.69, 9.17) is 4.74 Å². The molecule has 190 valence electrons. The van der Waals surface area contributed by atoms with Gasteiger partial charge in [0.05, 0.1) is 16.7 Å². The Bertz CT molecular complexity index is 1090. The molecule has 0 unspecified atom stereocenters. The first-order chi connectivity index (χ1) is 17.4. The van der Waals surface area contributed by atoms with Gasteiger partial charge in [-0.1, -0.05) is 44.2 Å². The lowest BCUT2D eigenvalue weighted by Gasteiger charge is -2.48. The molecule has 8 nitrogen and oxygen atoms in total. The molecule has 0 aromatic heterocycles. The van der Waals surface area contributed by atoms with Gasteiger partial charge in [-0.25, -0.2) is 0 Å². The monoisotopic (exact) mass is 491 g/mol. The van der Waals surface area contributed by atoms with Crippen molar-refractivity contribution in [3.8, 4) is 0 Å². The Balaban J connectivity index is 1.47. The highest BCUT2D eigenvalue weighted by Crippen LogP contribution is 2.35. The number of amides is 3. The van der Waals surface area contributed by atoms with Crippen LogP contribution in [0.3, 0.4) is 0 Å². The zero-order valence-electron chi connectivity index (χ0n) is 20.9.